The van der Waals surface area contributed by atoms with E-state index in [2.05, 4.69) is 12.2 Å². The molecule has 2 rings (SSSR count). The Morgan fingerprint density at radius 2 is 1.14 bits per heavy atom. The summed E-state index contributed by atoms with van der Waals surface area (Å²) in [6.45, 7) is 2.22. The van der Waals surface area contributed by atoms with Crippen molar-refractivity contribution in [1.29, 1.82) is 0 Å². The van der Waals surface area contributed by atoms with Gasteiger partial charge in [0.05, 0.1) is 15.5 Å². The van der Waals surface area contributed by atoms with Gasteiger partial charge in [-0.25, -0.2) is 0 Å². The van der Waals surface area contributed by atoms with Crippen molar-refractivity contribution in [2.24, 2.45) is 0 Å². The Hall–Kier alpha value is -2.21. The highest BCUT2D eigenvalue weighted by molar-refractivity contribution is 7.86. The van der Waals surface area contributed by atoms with Crippen LogP contribution < -0.4 is 5.32 Å². The smallest absolute Gasteiger partial charge is 0.294 e. The third-order valence-electron chi connectivity index (χ3n) is 6.35. The lowest BCUT2D eigenvalue weighted by Gasteiger charge is -2.13. The van der Waals surface area contributed by atoms with Crippen molar-refractivity contribution in [3.63, 3.8) is 0 Å². The van der Waals surface area contributed by atoms with E-state index in [4.69, 9.17) is 0 Å². The van der Waals surface area contributed by atoms with Crippen LogP contribution in [0.5, 0.6) is 5.75 Å². The number of unbranched alkanes of at least 4 members (excludes halogenated alkanes) is 12. The van der Waals surface area contributed by atoms with Gasteiger partial charge in [-0.3, -0.25) is 13.9 Å². The van der Waals surface area contributed by atoms with E-state index in [1.807, 2.05) is 0 Å². The molecular formula is C26H39NO8S2. The second kappa shape index (κ2) is 14.7. The summed E-state index contributed by atoms with van der Waals surface area (Å²) in [4.78, 5) is 11.3. The molecule has 0 fully saturated rings. The van der Waals surface area contributed by atoms with Crippen LogP contribution in [0.2, 0.25) is 0 Å². The SMILES string of the molecule is CCCCCCCCCCCCCCCC(=O)Nc1cc(S(=O)(=O)O)cc2cc(S(=O)(=O)O)cc(O)c12. The van der Waals surface area contributed by atoms with Gasteiger partial charge in [0.15, 0.2) is 0 Å². The maximum atomic E-state index is 12.5. The number of amides is 1. The molecule has 1 amide bonds. The third-order valence-corrected chi connectivity index (χ3v) is 8.02. The van der Waals surface area contributed by atoms with Crippen LogP contribution in [0.4, 0.5) is 5.69 Å². The van der Waals surface area contributed by atoms with Gasteiger partial charge in [0.2, 0.25) is 5.91 Å². The lowest BCUT2D eigenvalue weighted by Crippen LogP contribution is -2.12. The summed E-state index contributed by atoms with van der Waals surface area (Å²) in [5, 5.41) is 12.8. The second-order valence-corrected chi connectivity index (χ2v) is 12.3. The molecule has 9 nitrogen and oxygen atoms in total. The number of carbonyl (C=O) groups excluding carboxylic acids is 1. The fourth-order valence-electron chi connectivity index (χ4n) is 4.35. The van der Waals surface area contributed by atoms with Gasteiger partial charge in [-0.15, -0.1) is 0 Å². The van der Waals surface area contributed by atoms with Gasteiger partial charge in [0.25, 0.3) is 20.2 Å². The first-order chi connectivity index (χ1) is 17.4. The first-order valence-corrected chi connectivity index (χ1v) is 15.9. The van der Waals surface area contributed by atoms with E-state index in [9.17, 15) is 35.8 Å². The largest absolute Gasteiger partial charge is 0.507 e. The van der Waals surface area contributed by atoms with E-state index in [0.29, 0.717) is 6.42 Å². The fraction of sp³-hybridized carbons (Fsp3) is 0.577. The van der Waals surface area contributed by atoms with Crippen LogP contribution in [0.15, 0.2) is 34.1 Å². The summed E-state index contributed by atoms with van der Waals surface area (Å²) in [5.41, 5.74) is -0.0933. The van der Waals surface area contributed by atoms with Gasteiger partial charge < -0.3 is 10.4 Å². The molecule has 208 valence electrons. The lowest BCUT2D eigenvalue weighted by atomic mass is 10.0. The number of hydrogen-bond acceptors (Lipinski definition) is 6. The van der Waals surface area contributed by atoms with Crippen molar-refractivity contribution < 1.29 is 35.8 Å². The van der Waals surface area contributed by atoms with Gasteiger partial charge in [-0.1, -0.05) is 84.0 Å². The number of carbonyl (C=O) groups is 1. The van der Waals surface area contributed by atoms with Crippen LogP contribution in [0.25, 0.3) is 10.8 Å². The molecule has 0 aliphatic carbocycles. The average molecular weight is 558 g/mol. The maximum Gasteiger partial charge on any atom is 0.294 e. The van der Waals surface area contributed by atoms with Crippen LogP contribution >= 0.6 is 0 Å². The predicted octanol–water partition coefficient (Wildman–Crippen LogP) is 6.46. The topological polar surface area (TPSA) is 158 Å². The van der Waals surface area contributed by atoms with E-state index in [1.165, 1.54) is 57.8 Å². The Morgan fingerprint density at radius 3 is 1.59 bits per heavy atom. The number of rotatable bonds is 17. The van der Waals surface area contributed by atoms with Crippen LogP contribution in [0.1, 0.15) is 96.8 Å². The minimum absolute atomic E-state index is 0.0153. The number of aromatic hydroxyl groups is 1. The standard InChI is InChI=1S/C26H39NO8S2/c1-2-3-4-5-6-7-8-9-10-11-12-13-14-15-25(29)27-23-18-21(36(30,31)32)16-20-17-22(37(33,34)35)19-24(28)26(20)23/h16-19,28H,2-15H2,1H3,(H,27,29)(H,30,31,32)(H,33,34,35). The highest BCUT2D eigenvalue weighted by Crippen LogP contribution is 2.36. The summed E-state index contributed by atoms with van der Waals surface area (Å²) in [6, 6.07) is 3.68. The van der Waals surface area contributed by atoms with E-state index in [-0.39, 0.29) is 22.9 Å². The number of benzene rings is 2. The van der Waals surface area contributed by atoms with Gasteiger partial charge >= 0.3 is 0 Å². The number of phenols is 1. The van der Waals surface area contributed by atoms with Crippen LogP contribution in [-0.4, -0.2) is 37.0 Å². The lowest BCUT2D eigenvalue weighted by molar-refractivity contribution is -0.116. The molecule has 37 heavy (non-hydrogen) atoms. The van der Waals surface area contributed by atoms with Crippen molar-refractivity contribution in [3.8, 4) is 5.75 Å². The van der Waals surface area contributed by atoms with Gasteiger partial charge in [-0.05, 0) is 30.0 Å². The quantitative estimate of drug-likeness (QED) is 0.127. The van der Waals surface area contributed by atoms with Gasteiger partial charge in [0, 0.05) is 17.9 Å². The number of anilines is 1. The molecule has 0 saturated carbocycles. The summed E-state index contributed by atoms with van der Waals surface area (Å²) in [6.07, 6.45) is 15.4. The van der Waals surface area contributed by atoms with Gasteiger partial charge in [0.1, 0.15) is 5.75 Å². The van der Waals surface area contributed by atoms with E-state index in [0.717, 1.165) is 43.5 Å². The molecule has 0 heterocycles. The second-order valence-electron chi connectivity index (χ2n) is 9.50. The molecule has 0 spiro atoms. The zero-order valence-electron chi connectivity index (χ0n) is 21.4. The Kier molecular flexibility index (Phi) is 12.3. The van der Waals surface area contributed by atoms with E-state index >= 15 is 0 Å². The Balaban J connectivity index is 1.88. The summed E-state index contributed by atoms with van der Waals surface area (Å²) < 4.78 is 65.1. The Bertz CT molecular complexity index is 1250. The molecule has 0 atom stereocenters. The molecule has 4 N–H and O–H groups in total. The molecule has 0 unspecified atom stereocenters. The zero-order valence-corrected chi connectivity index (χ0v) is 23.0. The summed E-state index contributed by atoms with van der Waals surface area (Å²) >= 11 is 0. The van der Waals surface area contributed by atoms with Gasteiger partial charge in [-0.2, -0.15) is 16.8 Å². The molecular weight excluding hydrogens is 518 g/mol. The van der Waals surface area contributed by atoms with Crippen molar-refractivity contribution in [2.75, 3.05) is 5.32 Å². The molecule has 0 aliphatic heterocycles. The van der Waals surface area contributed by atoms with E-state index in [1.54, 1.807) is 0 Å². The highest BCUT2D eigenvalue weighted by Gasteiger charge is 2.20. The first-order valence-electron chi connectivity index (χ1n) is 13.0. The number of phenolic OH excluding ortho intramolecular Hbond substituents is 1. The Labute approximate surface area is 220 Å². The predicted molar refractivity (Wildman–Crippen MR) is 144 cm³/mol. The fourth-order valence-corrected chi connectivity index (χ4v) is 5.43. The average Bonchev–Trinajstić information content (AvgIpc) is 2.80. The van der Waals surface area contributed by atoms with Crippen molar-refractivity contribution in [3.05, 3.63) is 24.3 Å². The molecule has 0 saturated heterocycles. The minimum Gasteiger partial charge on any atom is -0.507 e. The first kappa shape index (κ1) is 31.0. The summed E-state index contributed by atoms with van der Waals surface area (Å²) in [5.74, 6) is -0.988. The van der Waals surface area contributed by atoms with Crippen LogP contribution in [-0.2, 0) is 25.0 Å². The third kappa shape index (κ3) is 10.6. The molecule has 11 heteroatoms. The Morgan fingerprint density at radius 1 is 0.703 bits per heavy atom. The highest BCUT2D eigenvalue weighted by atomic mass is 32.2. The maximum absolute atomic E-state index is 12.5. The molecule has 0 aliphatic rings. The van der Waals surface area contributed by atoms with Crippen molar-refractivity contribution in [2.45, 2.75) is 107 Å². The summed E-state index contributed by atoms with van der Waals surface area (Å²) in [7, 11) is -9.39. The minimum atomic E-state index is -4.70. The monoisotopic (exact) mass is 557 g/mol. The molecule has 2 aromatic carbocycles. The number of fused-ring (bicyclic) bond motifs is 1. The van der Waals surface area contributed by atoms with E-state index < -0.39 is 41.7 Å². The zero-order chi connectivity index (χ0) is 27.5. The molecule has 0 bridgehead atoms. The molecule has 0 aromatic heterocycles. The normalized spacial score (nSPS) is 12.2. The molecule has 0 radical (unpaired) electrons. The van der Waals surface area contributed by atoms with Crippen LogP contribution in [0.3, 0.4) is 0 Å². The van der Waals surface area contributed by atoms with Crippen LogP contribution in [0, 0.1) is 0 Å². The van der Waals surface area contributed by atoms with Crippen molar-refractivity contribution >= 4 is 42.6 Å². The number of nitrogens with one attached hydrogen (secondary N) is 1. The molecule has 2 aromatic rings. The van der Waals surface area contributed by atoms with Crippen molar-refractivity contribution in [1.82, 2.24) is 0 Å². The number of hydrogen-bond donors (Lipinski definition) is 4.